The lowest BCUT2D eigenvalue weighted by Crippen LogP contribution is -2.42. The number of nitrogens with one attached hydrogen (secondary N) is 1. The molecule has 1 unspecified atom stereocenters. The van der Waals surface area contributed by atoms with Crippen molar-refractivity contribution in [3.8, 4) is 11.5 Å². The number of thiophene rings is 1. The SMILES string of the molecule is COc1ccc(C(NC(=O)CN2CCc3sccc3C2C)c2ccc(OC)cc2)cc1. The average Bonchev–Trinajstić information content (AvgIpc) is 3.29. The molecule has 1 aliphatic rings. The van der Waals surface area contributed by atoms with Gasteiger partial charge in [0.2, 0.25) is 5.91 Å². The van der Waals surface area contributed by atoms with Crippen molar-refractivity contribution in [3.05, 3.63) is 81.5 Å². The molecule has 0 fully saturated rings. The van der Waals surface area contributed by atoms with Gasteiger partial charge in [0.15, 0.2) is 0 Å². The normalized spacial score (nSPS) is 16.1. The molecule has 162 valence electrons. The lowest BCUT2D eigenvalue weighted by molar-refractivity contribution is -0.123. The Morgan fingerprint density at radius 1 is 1.03 bits per heavy atom. The Morgan fingerprint density at radius 2 is 1.61 bits per heavy atom. The molecular formula is C25H28N2O3S. The van der Waals surface area contributed by atoms with Crippen molar-refractivity contribution in [3.63, 3.8) is 0 Å². The lowest BCUT2D eigenvalue weighted by Gasteiger charge is -2.33. The third-order valence-corrected chi connectivity index (χ3v) is 6.95. The fraction of sp³-hybridized carbons (Fsp3) is 0.320. The first-order valence-corrected chi connectivity index (χ1v) is 11.3. The largest absolute Gasteiger partial charge is 0.497 e. The summed E-state index contributed by atoms with van der Waals surface area (Å²) in [5, 5.41) is 5.40. The molecule has 2 aromatic carbocycles. The monoisotopic (exact) mass is 436 g/mol. The van der Waals surface area contributed by atoms with E-state index >= 15 is 0 Å². The molecule has 1 N–H and O–H groups in total. The summed E-state index contributed by atoms with van der Waals surface area (Å²) in [4.78, 5) is 16.8. The molecule has 2 heterocycles. The highest BCUT2D eigenvalue weighted by Gasteiger charge is 2.27. The fourth-order valence-electron chi connectivity index (χ4n) is 4.12. The first-order chi connectivity index (χ1) is 15.1. The van der Waals surface area contributed by atoms with Crippen LogP contribution in [0.5, 0.6) is 11.5 Å². The molecule has 0 aliphatic carbocycles. The van der Waals surface area contributed by atoms with E-state index in [1.165, 1.54) is 10.4 Å². The molecule has 0 bridgehead atoms. The van der Waals surface area contributed by atoms with Crippen LogP contribution >= 0.6 is 11.3 Å². The average molecular weight is 437 g/mol. The van der Waals surface area contributed by atoms with E-state index in [-0.39, 0.29) is 18.0 Å². The van der Waals surface area contributed by atoms with Crippen molar-refractivity contribution in [2.75, 3.05) is 27.3 Å². The van der Waals surface area contributed by atoms with E-state index in [0.29, 0.717) is 6.54 Å². The summed E-state index contributed by atoms with van der Waals surface area (Å²) in [6.07, 6.45) is 1.00. The molecule has 5 nitrogen and oxygen atoms in total. The number of hydrogen-bond donors (Lipinski definition) is 1. The standard InChI is InChI=1S/C25H28N2O3S/c1-17-22-13-15-31-23(22)12-14-27(17)16-24(28)26-25(18-4-8-20(29-2)9-5-18)19-6-10-21(30-3)11-7-19/h4-11,13,15,17,25H,12,14,16H2,1-3H3,(H,26,28). The zero-order valence-electron chi connectivity index (χ0n) is 18.1. The summed E-state index contributed by atoms with van der Waals surface area (Å²) < 4.78 is 10.6. The number of benzene rings is 2. The van der Waals surface area contributed by atoms with Crippen molar-refractivity contribution in [2.24, 2.45) is 0 Å². The Labute approximate surface area is 187 Å². The molecular weight excluding hydrogens is 408 g/mol. The van der Waals surface area contributed by atoms with Gasteiger partial charge in [0.05, 0.1) is 26.8 Å². The number of hydrogen-bond acceptors (Lipinski definition) is 5. The number of fused-ring (bicyclic) bond motifs is 1. The molecule has 1 atom stereocenters. The van der Waals surface area contributed by atoms with Gasteiger partial charge in [-0.3, -0.25) is 9.69 Å². The van der Waals surface area contributed by atoms with E-state index in [9.17, 15) is 4.79 Å². The van der Waals surface area contributed by atoms with Gasteiger partial charge >= 0.3 is 0 Å². The highest BCUT2D eigenvalue weighted by molar-refractivity contribution is 7.10. The van der Waals surface area contributed by atoms with Gasteiger partial charge in [0.25, 0.3) is 0 Å². The molecule has 0 radical (unpaired) electrons. The maximum absolute atomic E-state index is 13.1. The van der Waals surface area contributed by atoms with Crippen LogP contribution in [0.4, 0.5) is 0 Å². The molecule has 1 amide bonds. The number of ether oxygens (including phenoxy) is 2. The van der Waals surface area contributed by atoms with Crippen LogP contribution in [0.25, 0.3) is 0 Å². The van der Waals surface area contributed by atoms with Gasteiger partial charge in [0, 0.05) is 17.5 Å². The smallest absolute Gasteiger partial charge is 0.234 e. The molecule has 0 spiro atoms. The van der Waals surface area contributed by atoms with Crippen LogP contribution in [0.1, 0.15) is 40.6 Å². The van der Waals surface area contributed by atoms with Crippen molar-refractivity contribution in [1.82, 2.24) is 10.2 Å². The van der Waals surface area contributed by atoms with Gasteiger partial charge in [-0.15, -0.1) is 11.3 Å². The first kappa shape index (κ1) is 21.4. The maximum Gasteiger partial charge on any atom is 0.234 e. The van der Waals surface area contributed by atoms with Crippen LogP contribution in [-0.2, 0) is 11.2 Å². The second-order valence-corrected chi connectivity index (χ2v) is 8.74. The van der Waals surface area contributed by atoms with Crippen LogP contribution in [-0.4, -0.2) is 38.1 Å². The van der Waals surface area contributed by atoms with Gasteiger partial charge in [-0.25, -0.2) is 0 Å². The highest BCUT2D eigenvalue weighted by Crippen LogP contribution is 2.32. The first-order valence-electron chi connectivity index (χ1n) is 10.5. The van der Waals surface area contributed by atoms with E-state index < -0.39 is 0 Å². The van der Waals surface area contributed by atoms with Crippen molar-refractivity contribution < 1.29 is 14.3 Å². The van der Waals surface area contributed by atoms with Gasteiger partial charge in [0.1, 0.15) is 11.5 Å². The molecule has 1 aromatic heterocycles. The minimum atomic E-state index is -0.249. The topological polar surface area (TPSA) is 50.8 Å². The Bertz CT molecular complexity index is 967. The Morgan fingerprint density at radius 3 is 2.16 bits per heavy atom. The van der Waals surface area contributed by atoms with Crippen molar-refractivity contribution in [2.45, 2.75) is 25.4 Å². The molecule has 6 heteroatoms. The number of nitrogens with zero attached hydrogens (tertiary/aromatic N) is 1. The number of carbonyl (C=O) groups is 1. The Balaban J connectivity index is 1.52. The van der Waals surface area contributed by atoms with Gasteiger partial charge in [-0.1, -0.05) is 24.3 Å². The van der Waals surface area contributed by atoms with Gasteiger partial charge in [-0.2, -0.15) is 0 Å². The van der Waals surface area contributed by atoms with Gasteiger partial charge in [-0.05, 0) is 65.7 Å². The molecule has 3 aromatic rings. The van der Waals surface area contributed by atoms with E-state index in [1.807, 2.05) is 59.9 Å². The van der Waals surface area contributed by atoms with Crippen LogP contribution in [0.15, 0.2) is 60.0 Å². The van der Waals surface area contributed by atoms with Crippen LogP contribution < -0.4 is 14.8 Å². The predicted molar refractivity (Wildman–Crippen MR) is 124 cm³/mol. The summed E-state index contributed by atoms with van der Waals surface area (Å²) in [5.41, 5.74) is 3.36. The minimum absolute atomic E-state index is 0.0159. The fourth-order valence-corrected chi connectivity index (χ4v) is 5.08. The summed E-state index contributed by atoms with van der Waals surface area (Å²) >= 11 is 1.81. The minimum Gasteiger partial charge on any atom is -0.497 e. The van der Waals surface area contributed by atoms with E-state index in [2.05, 4.69) is 28.6 Å². The third kappa shape index (κ3) is 4.75. The zero-order chi connectivity index (χ0) is 21.8. The summed E-state index contributed by atoms with van der Waals surface area (Å²) in [7, 11) is 3.30. The Hall–Kier alpha value is -2.83. The highest BCUT2D eigenvalue weighted by atomic mass is 32.1. The number of rotatable bonds is 7. The Kier molecular flexibility index (Phi) is 6.59. The second-order valence-electron chi connectivity index (χ2n) is 7.74. The van der Waals surface area contributed by atoms with Crippen LogP contribution in [0, 0.1) is 0 Å². The van der Waals surface area contributed by atoms with E-state index in [0.717, 1.165) is 35.6 Å². The molecule has 0 saturated carbocycles. The third-order valence-electron chi connectivity index (χ3n) is 5.95. The summed E-state index contributed by atoms with van der Waals surface area (Å²) in [5.74, 6) is 1.59. The van der Waals surface area contributed by atoms with Gasteiger partial charge < -0.3 is 14.8 Å². The van der Waals surface area contributed by atoms with Crippen LogP contribution in [0.3, 0.4) is 0 Å². The summed E-state index contributed by atoms with van der Waals surface area (Å²) in [6, 6.07) is 17.8. The molecule has 1 aliphatic heterocycles. The molecule has 31 heavy (non-hydrogen) atoms. The zero-order valence-corrected chi connectivity index (χ0v) is 18.9. The number of carbonyl (C=O) groups excluding carboxylic acids is 1. The van der Waals surface area contributed by atoms with E-state index in [1.54, 1.807) is 14.2 Å². The number of amides is 1. The lowest BCUT2D eigenvalue weighted by atomic mass is 9.98. The molecule has 4 rings (SSSR count). The van der Waals surface area contributed by atoms with Crippen LogP contribution in [0.2, 0.25) is 0 Å². The maximum atomic E-state index is 13.1. The van der Waals surface area contributed by atoms with Crippen molar-refractivity contribution >= 4 is 17.2 Å². The predicted octanol–water partition coefficient (Wildman–Crippen LogP) is 4.59. The summed E-state index contributed by atoms with van der Waals surface area (Å²) in [6.45, 7) is 3.46. The van der Waals surface area contributed by atoms with E-state index in [4.69, 9.17) is 9.47 Å². The van der Waals surface area contributed by atoms with Crippen molar-refractivity contribution in [1.29, 1.82) is 0 Å². The quantitative estimate of drug-likeness (QED) is 0.589. The number of methoxy groups -OCH3 is 2. The second kappa shape index (κ2) is 9.54. The molecule has 0 saturated heterocycles.